The van der Waals surface area contributed by atoms with Gasteiger partial charge >= 0.3 is 0 Å². The number of carbonyl (C=O) groups excluding carboxylic acids is 1. The fourth-order valence-corrected chi connectivity index (χ4v) is 5.92. The van der Waals surface area contributed by atoms with Gasteiger partial charge in [0.2, 0.25) is 0 Å². The third kappa shape index (κ3) is 4.43. The number of rotatable bonds is 5. The van der Waals surface area contributed by atoms with E-state index in [1.807, 2.05) is 24.3 Å². The van der Waals surface area contributed by atoms with Crippen molar-refractivity contribution in [2.24, 2.45) is 0 Å². The Morgan fingerprint density at radius 2 is 1.68 bits per heavy atom. The quantitative estimate of drug-likeness (QED) is 0.560. The number of anilines is 3. The topological polar surface area (TPSA) is 79.0 Å². The Balaban J connectivity index is 1.39. The van der Waals surface area contributed by atoms with Gasteiger partial charge in [0.1, 0.15) is 5.75 Å². The van der Waals surface area contributed by atoms with Crippen LogP contribution in [0.4, 0.5) is 17.1 Å². The molecule has 0 saturated carbocycles. The molecule has 1 N–H and O–H groups in total. The first-order chi connectivity index (χ1) is 16.4. The van der Waals surface area contributed by atoms with Crippen LogP contribution >= 0.6 is 11.6 Å². The zero-order valence-electron chi connectivity index (χ0n) is 18.4. The lowest BCUT2D eigenvalue weighted by atomic mass is 10.2. The van der Waals surface area contributed by atoms with Gasteiger partial charge in [-0.15, -0.1) is 0 Å². The number of amides is 1. The Morgan fingerprint density at radius 3 is 2.38 bits per heavy atom. The maximum atomic E-state index is 13.4. The molecule has 3 aromatic rings. The van der Waals surface area contributed by atoms with Gasteiger partial charge in [-0.3, -0.25) is 9.10 Å². The average molecular weight is 498 g/mol. The van der Waals surface area contributed by atoms with E-state index in [1.165, 1.54) is 35.3 Å². The molecule has 0 bridgehead atoms. The van der Waals surface area contributed by atoms with Crippen LogP contribution in [0.15, 0.2) is 77.7 Å². The van der Waals surface area contributed by atoms with Gasteiger partial charge in [-0.2, -0.15) is 0 Å². The summed E-state index contributed by atoms with van der Waals surface area (Å²) in [5.41, 5.74) is 2.04. The van der Waals surface area contributed by atoms with Crippen molar-refractivity contribution in [3.8, 4) is 5.75 Å². The summed E-state index contributed by atoms with van der Waals surface area (Å²) in [6.07, 6.45) is 1.34. The Bertz CT molecular complexity index is 1290. The Labute approximate surface area is 203 Å². The van der Waals surface area contributed by atoms with Crippen molar-refractivity contribution in [2.45, 2.75) is 23.8 Å². The molecular formula is C25H24ClN3O4S. The fraction of sp³-hybridized carbons (Fsp3) is 0.240. The molecule has 7 nitrogen and oxygen atoms in total. The van der Waals surface area contributed by atoms with Gasteiger partial charge in [0.05, 0.1) is 17.1 Å². The molecule has 1 amide bonds. The number of nitrogens with zero attached hydrogens (tertiary/aromatic N) is 2. The van der Waals surface area contributed by atoms with Crippen LogP contribution in [-0.2, 0) is 14.8 Å². The smallest absolute Gasteiger partial charge is 0.267 e. The van der Waals surface area contributed by atoms with E-state index < -0.39 is 22.0 Å². The molecule has 1 saturated heterocycles. The number of hydrogen-bond donors (Lipinski definition) is 1. The number of benzene rings is 3. The highest BCUT2D eigenvalue weighted by Gasteiger charge is 2.37. The standard InChI is InChI=1S/C25H24ClN3O4S/c26-18-8-13-23-22(16-18)29(34(31,32)21-6-2-1-3-7-21)17-24(33-23)25(30)27-19-9-11-20(12-10-19)28-14-4-5-15-28/h1-3,6-13,16,24H,4-5,14-15,17H2,(H,27,30)/t24-/m0/s1. The van der Waals surface area contributed by atoms with Gasteiger partial charge in [-0.1, -0.05) is 29.8 Å². The van der Waals surface area contributed by atoms with Crippen LogP contribution in [0, 0.1) is 0 Å². The highest BCUT2D eigenvalue weighted by Crippen LogP contribution is 2.39. The SMILES string of the molecule is O=C(Nc1ccc(N2CCCC2)cc1)[C@@H]1CN(S(=O)(=O)c2ccccc2)c2cc(Cl)ccc2O1. The van der Waals surface area contributed by atoms with Crippen LogP contribution in [-0.4, -0.2) is 40.1 Å². The number of ether oxygens (including phenoxy) is 1. The van der Waals surface area contributed by atoms with E-state index in [2.05, 4.69) is 10.2 Å². The van der Waals surface area contributed by atoms with Crippen LogP contribution in [0.1, 0.15) is 12.8 Å². The molecule has 0 aliphatic carbocycles. The average Bonchev–Trinajstić information content (AvgIpc) is 3.39. The summed E-state index contributed by atoms with van der Waals surface area (Å²) < 4.78 is 34.0. The summed E-state index contributed by atoms with van der Waals surface area (Å²) in [7, 11) is -3.94. The lowest BCUT2D eigenvalue weighted by Gasteiger charge is -2.34. The molecule has 0 radical (unpaired) electrons. The van der Waals surface area contributed by atoms with Crippen LogP contribution in [0.25, 0.3) is 0 Å². The summed E-state index contributed by atoms with van der Waals surface area (Å²) >= 11 is 6.14. The van der Waals surface area contributed by atoms with Gasteiger partial charge < -0.3 is 15.0 Å². The molecule has 0 unspecified atom stereocenters. The molecule has 0 spiro atoms. The minimum absolute atomic E-state index is 0.125. The molecule has 9 heteroatoms. The minimum Gasteiger partial charge on any atom is -0.476 e. The molecule has 2 aliphatic heterocycles. The summed E-state index contributed by atoms with van der Waals surface area (Å²) in [4.78, 5) is 15.5. The monoisotopic (exact) mass is 497 g/mol. The maximum absolute atomic E-state index is 13.4. The first-order valence-corrected chi connectivity index (χ1v) is 12.9. The fourth-order valence-electron chi connectivity index (χ4n) is 4.26. The lowest BCUT2D eigenvalue weighted by Crippen LogP contribution is -2.48. The van der Waals surface area contributed by atoms with Crippen LogP contribution in [0.2, 0.25) is 5.02 Å². The second-order valence-corrected chi connectivity index (χ2v) is 10.6. The second-order valence-electron chi connectivity index (χ2n) is 8.30. The molecule has 176 valence electrons. The zero-order chi connectivity index (χ0) is 23.7. The van der Waals surface area contributed by atoms with E-state index in [0.29, 0.717) is 16.4 Å². The Kier molecular flexibility index (Phi) is 6.10. The number of sulfonamides is 1. The van der Waals surface area contributed by atoms with Gasteiger partial charge in [0.25, 0.3) is 15.9 Å². The number of halogens is 1. The predicted octanol–water partition coefficient (Wildman–Crippen LogP) is 4.54. The summed E-state index contributed by atoms with van der Waals surface area (Å²) in [6, 6.07) is 20.5. The highest BCUT2D eigenvalue weighted by molar-refractivity contribution is 7.92. The van der Waals surface area contributed by atoms with E-state index >= 15 is 0 Å². The van der Waals surface area contributed by atoms with E-state index in [4.69, 9.17) is 16.3 Å². The van der Waals surface area contributed by atoms with Gasteiger partial charge in [-0.05, 0) is 67.4 Å². The number of hydrogen-bond acceptors (Lipinski definition) is 5. The summed E-state index contributed by atoms with van der Waals surface area (Å²) in [5.74, 6) is -0.150. The Hall–Kier alpha value is -3.23. The predicted molar refractivity (Wildman–Crippen MR) is 133 cm³/mol. The molecule has 3 aromatic carbocycles. The van der Waals surface area contributed by atoms with Crippen LogP contribution < -0.4 is 19.3 Å². The van der Waals surface area contributed by atoms with E-state index in [9.17, 15) is 13.2 Å². The molecular weight excluding hydrogens is 474 g/mol. The van der Waals surface area contributed by atoms with Crippen LogP contribution in [0.3, 0.4) is 0 Å². The number of fused-ring (bicyclic) bond motifs is 1. The molecule has 5 rings (SSSR count). The zero-order valence-corrected chi connectivity index (χ0v) is 19.9. The van der Waals surface area contributed by atoms with Gasteiger partial charge in [0, 0.05) is 29.5 Å². The van der Waals surface area contributed by atoms with E-state index in [1.54, 1.807) is 30.3 Å². The van der Waals surface area contributed by atoms with Gasteiger partial charge in [-0.25, -0.2) is 8.42 Å². The normalized spacial score (nSPS) is 17.7. The van der Waals surface area contributed by atoms with Crippen molar-refractivity contribution in [2.75, 3.05) is 34.2 Å². The first kappa shape index (κ1) is 22.6. The molecule has 2 aliphatic rings. The minimum atomic E-state index is -3.94. The van der Waals surface area contributed by atoms with Crippen molar-refractivity contribution >= 4 is 44.6 Å². The maximum Gasteiger partial charge on any atom is 0.267 e. The van der Waals surface area contributed by atoms with Crippen molar-refractivity contribution < 1.29 is 17.9 Å². The van der Waals surface area contributed by atoms with Crippen molar-refractivity contribution in [1.29, 1.82) is 0 Å². The van der Waals surface area contributed by atoms with Crippen LogP contribution in [0.5, 0.6) is 5.75 Å². The highest BCUT2D eigenvalue weighted by atomic mass is 35.5. The summed E-state index contributed by atoms with van der Waals surface area (Å²) in [5, 5.41) is 3.23. The molecule has 1 fully saturated rings. The van der Waals surface area contributed by atoms with Gasteiger partial charge in [0.15, 0.2) is 6.10 Å². The molecule has 34 heavy (non-hydrogen) atoms. The summed E-state index contributed by atoms with van der Waals surface area (Å²) in [6.45, 7) is 1.90. The van der Waals surface area contributed by atoms with Crippen molar-refractivity contribution in [3.05, 3.63) is 77.8 Å². The number of nitrogens with one attached hydrogen (secondary N) is 1. The second kappa shape index (κ2) is 9.19. The third-order valence-corrected chi connectivity index (χ3v) is 8.05. The Morgan fingerprint density at radius 1 is 0.971 bits per heavy atom. The van der Waals surface area contributed by atoms with Crippen molar-refractivity contribution in [1.82, 2.24) is 0 Å². The largest absolute Gasteiger partial charge is 0.476 e. The number of carbonyl (C=O) groups is 1. The van der Waals surface area contributed by atoms with Crippen molar-refractivity contribution in [3.63, 3.8) is 0 Å². The first-order valence-electron chi connectivity index (χ1n) is 11.1. The molecule has 0 aromatic heterocycles. The third-order valence-electron chi connectivity index (χ3n) is 6.02. The molecule has 2 heterocycles. The molecule has 1 atom stereocenters. The lowest BCUT2D eigenvalue weighted by molar-refractivity contribution is -0.122. The van der Waals surface area contributed by atoms with E-state index in [0.717, 1.165) is 18.8 Å². The van der Waals surface area contributed by atoms with E-state index in [-0.39, 0.29) is 17.2 Å².